The molecule has 0 aliphatic rings. The van der Waals surface area contributed by atoms with Crippen LogP contribution < -0.4 is 0 Å². The minimum absolute atomic E-state index is 0.0338. The number of ether oxygens (including phenoxy) is 1. The van der Waals surface area contributed by atoms with E-state index in [2.05, 4.69) is 59.0 Å². The Morgan fingerprint density at radius 1 is 0.917 bits per heavy atom. The maximum Gasteiger partial charge on any atom is 0.308 e. The number of unbranched alkanes of at least 4 members (excludes halogenated alkanes) is 3. The minimum atomic E-state index is -0.785. The van der Waals surface area contributed by atoms with Crippen LogP contribution in [0.25, 0.3) is 0 Å². The summed E-state index contributed by atoms with van der Waals surface area (Å²) >= 11 is 0. The van der Waals surface area contributed by atoms with Gasteiger partial charge in [0, 0.05) is 12.8 Å². The van der Waals surface area contributed by atoms with Crippen LogP contribution in [0.5, 0.6) is 0 Å². The minimum Gasteiger partial charge on any atom is -0.469 e. The smallest absolute Gasteiger partial charge is 0.308 e. The number of aliphatic hydroxyl groups excluding tert-OH is 1. The molecule has 1 N–H and O–H groups in total. The summed E-state index contributed by atoms with van der Waals surface area (Å²) in [6.07, 6.45) is 5.57. The number of esters is 1. The summed E-state index contributed by atoms with van der Waals surface area (Å²) in [6.45, 7) is 2.18. The fourth-order valence-corrected chi connectivity index (χ4v) is 1.60. The molecular formula is C21H26O3. The Balaban J connectivity index is 3.74. The third-order valence-corrected chi connectivity index (χ3v) is 2.90. The Labute approximate surface area is 146 Å². The van der Waals surface area contributed by atoms with E-state index < -0.39 is 12.1 Å². The van der Waals surface area contributed by atoms with Crippen molar-refractivity contribution in [3.8, 4) is 47.4 Å². The van der Waals surface area contributed by atoms with Crippen molar-refractivity contribution >= 4 is 5.97 Å². The molecule has 128 valence electrons. The quantitative estimate of drug-likeness (QED) is 0.463. The third-order valence-electron chi connectivity index (χ3n) is 2.90. The molecule has 0 aromatic rings. The summed E-state index contributed by atoms with van der Waals surface area (Å²) in [5, 5.41) is 9.49. The normalized spacial score (nSPS) is 9.62. The Morgan fingerprint density at radius 3 is 2.00 bits per heavy atom. The number of carbonyl (C=O) groups excluding carboxylic acids is 1. The molecule has 0 aliphatic heterocycles. The van der Waals surface area contributed by atoms with Gasteiger partial charge in [0.2, 0.25) is 0 Å². The zero-order valence-corrected chi connectivity index (χ0v) is 14.7. The number of carbonyl (C=O) groups is 1. The molecule has 0 rings (SSSR count). The lowest BCUT2D eigenvalue weighted by Crippen LogP contribution is -2.13. The lowest BCUT2D eigenvalue weighted by atomic mass is 10.2. The molecule has 0 saturated heterocycles. The van der Waals surface area contributed by atoms with Crippen molar-refractivity contribution < 1.29 is 14.6 Å². The first-order valence-corrected chi connectivity index (χ1v) is 8.28. The summed E-state index contributed by atoms with van der Waals surface area (Å²) in [7, 11) is 1.29. The fraction of sp³-hybridized carbons (Fsp3) is 0.571. The van der Waals surface area contributed by atoms with E-state index in [0.29, 0.717) is 19.3 Å². The predicted octanol–water partition coefficient (Wildman–Crippen LogP) is 3.06. The van der Waals surface area contributed by atoms with Crippen molar-refractivity contribution in [1.82, 2.24) is 0 Å². The fourth-order valence-electron chi connectivity index (χ4n) is 1.60. The Hall–Kier alpha value is -2.33. The highest BCUT2D eigenvalue weighted by molar-refractivity contribution is 5.69. The van der Waals surface area contributed by atoms with Gasteiger partial charge < -0.3 is 9.84 Å². The van der Waals surface area contributed by atoms with Crippen LogP contribution in [-0.2, 0) is 9.53 Å². The third kappa shape index (κ3) is 16.0. The van der Waals surface area contributed by atoms with Gasteiger partial charge in [-0.1, -0.05) is 61.2 Å². The molecule has 0 unspecified atom stereocenters. The average Bonchev–Trinajstić information content (AvgIpc) is 2.58. The van der Waals surface area contributed by atoms with Gasteiger partial charge >= 0.3 is 5.97 Å². The maximum atomic E-state index is 10.9. The average molecular weight is 326 g/mol. The molecule has 0 fully saturated rings. The van der Waals surface area contributed by atoms with Gasteiger partial charge in [-0.05, 0) is 6.42 Å². The molecule has 0 heterocycles. The van der Waals surface area contributed by atoms with Gasteiger partial charge in [0.05, 0.1) is 38.9 Å². The van der Waals surface area contributed by atoms with Crippen LogP contribution in [0.2, 0.25) is 0 Å². The second-order valence-corrected chi connectivity index (χ2v) is 5.04. The SMILES string of the molecule is CCCCCC#CCC#CCC#CCC#CC[C@@H](O)CC(=O)OC. The van der Waals surface area contributed by atoms with Crippen molar-refractivity contribution in [2.24, 2.45) is 0 Å². The first-order chi connectivity index (χ1) is 11.7. The second-order valence-electron chi connectivity index (χ2n) is 5.04. The molecule has 0 amide bonds. The summed E-state index contributed by atoms with van der Waals surface area (Å²) in [5.74, 6) is 23.1. The molecule has 0 aliphatic carbocycles. The molecular weight excluding hydrogens is 300 g/mol. The molecule has 0 radical (unpaired) electrons. The predicted molar refractivity (Wildman–Crippen MR) is 96.4 cm³/mol. The molecule has 0 bridgehead atoms. The zero-order valence-electron chi connectivity index (χ0n) is 14.7. The first kappa shape index (κ1) is 21.7. The van der Waals surface area contributed by atoms with Crippen LogP contribution in [0.15, 0.2) is 0 Å². The lowest BCUT2D eigenvalue weighted by molar-refractivity contribution is -0.142. The van der Waals surface area contributed by atoms with Crippen LogP contribution in [0.3, 0.4) is 0 Å². The van der Waals surface area contributed by atoms with Crippen LogP contribution in [0.4, 0.5) is 0 Å². The van der Waals surface area contributed by atoms with E-state index in [9.17, 15) is 9.90 Å². The first-order valence-electron chi connectivity index (χ1n) is 8.28. The number of hydrogen-bond donors (Lipinski definition) is 1. The van der Waals surface area contributed by atoms with Crippen molar-refractivity contribution in [2.45, 2.75) is 70.8 Å². The van der Waals surface area contributed by atoms with Crippen molar-refractivity contribution in [3.05, 3.63) is 0 Å². The molecule has 0 spiro atoms. The van der Waals surface area contributed by atoms with E-state index in [-0.39, 0.29) is 12.8 Å². The van der Waals surface area contributed by atoms with Crippen molar-refractivity contribution in [3.63, 3.8) is 0 Å². The Kier molecular flexibility index (Phi) is 15.4. The van der Waals surface area contributed by atoms with Crippen LogP contribution in [-0.4, -0.2) is 24.3 Å². The molecule has 0 aromatic heterocycles. The van der Waals surface area contributed by atoms with E-state index in [0.717, 1.165) is 6.42 Å². The maximum absolute atomic E-state index is 10.9. The van der Waals surface area contributed by atoms with Gasteiger partial charge in [0.15, 0.2) is 0 Å². The van der Waals surface area contributed by atoms with Gasteiger partial charge in [0.25, 0.3) is 0 Å². The highest BCUT2D eigenvalue weighted by Crippen LogP contribution is 1.98. The van der Waals surface area contributed by atoms with E-state index >= 15 is 0 Å². The molecule has 3 nitrogen and oxygen atoms in total. The van der Waals surface area contributed by atoms with Crippen LogP contribution in [0.1, 0.15) is 64.7 Å². The zero-order chi connectivity index (χ0) is 17.9. The number of methoxy groups -OCH3 is 1. The molecule has 0 saturated carbocycles. The summed E-state index contributed by atoms with van der Waals surface area (Å²) in [4.78, 5) is 10.9. The summed E-state index contributed by atoms with van der Waals surface area (Å²) in [6, 6.07) is 0. The molecule has 1 atom stereocenters. The van der Waals surface area contributed by atoms with Gasteiger partial charge in [-0.3, -0.25) is 4.79 Å². The number of aliphatic hydroxyl groups is 1. The van der Waals surface area contributed by atoms with E-state index in [1.54, 1.807) is 0 Å². The van der Waals surface area contributed by atoms with Gasteiger partial charge in [-0.15, -0.1) is 5.92 Å². The Morgan fingerprint density at radius 2 is 1.46 bits per heavy atom. The lowest BCUT2D eigenvalue weighted by Gasteiger charge is -2.03. The molecule has 3 heteroatoms. The van der Waals surface area contributed by atoms with E-state index in [1.165, 1.54) is 26.4 Å². The monoisotopic (exact) mass is 326 g/mol. The summed E-state index contributed by atoms with van der Waals surface area (Å²) in [5.41, 5.74) is 0. The van der Waals surface area contributed by atoms with Crippen molar-refractivity contribution in [1.29, 1.82) is 0 Å². The Bertz CT molecular complexity index is 588. The molecule has 24 heavy (non-hydrogen) atoms. The van der Waals surface area contributed by atoms with Gasteiger partial charge in [-0.25, -0.2) is 0 Å². The topological polar surface area (TPSA) is 46.5 Å². The van der Waals surface area contributed by atoms with Crippen LogP contribution >= 0.6 is 0 Å². The van der Waals surface area contributed by atoms with Gasteiger partial charge in [0.1, 0.15) is 0 Å². The largest absolute Gasteiger partial charge is 0.469 e. The van der Waals surface area contributed by atoms with E-state index in [4.69, 9.17) is 0 Å². The molecule has 0 aromatic carbocycles. The number of rotatable bonds is 6. The second kappa shape index (κ2) is 17.0. The highest BCUT2D eigenvalue weighted by Gasteiger charge is 2.08. The van der Waals surface area contributed by atoms with Gasteiger partial charge in [-0.2, -0.15) is 0 Å². The van der Waals surface area contributed by atoms with Crippen molar-refractivity contribution in [2.75, 3.05) is 7.11 Å². The van der Waals surface area contributed by atoms with Crippen LogP contribution in [0, 0.1) is 47.4 Å². The standard InChI is InChI=1S/C21H26O3/c1-3-4-5-6-7-8-9-10-11-12-13-14-15-16-17-18-20(22)19-21(23)24-2/h20,22H,3-6,9,12,15,18-19H2,1-2H3/t20-/m1/s1. The highest BCUT2D eigenvalue weighted by atomic mass is 16.5. The summed E-state index contributed by atoms with van der Waals surface area (Å²) < 4.78 is 4.46. The number of hydrogen-bond acceptors (Lipinski definition) is 3. The van der Waals surface area contributed by atoms with E-state index in [1.807, 2.05) is 0 Å².